The summed E-state index contributed by atoms with van der Waals surface area (Å²) in [5.74, 6) is 0. The molecule has 0 saturated carbocycles. The van der Waals surface area contributed by atoms with E-state index in [2.05, 4.69) is 228 Å². The van der Waals surface area contributed by atoms with Gasteiger partial charge in [0, 0.05) is 49.7 Å². The molecule has 10 aromatic carbocycles. The third-order valence-electron chi connectivity index (χ3n) is 12.2. The first-order valence-corrected chi connectivity index (χ1v) is 20.8. The number of rotatable bonds is 7. The Hall–Kier alpha value is -8.14. The van der Waals surface area contributed by atoms with Crippen LogP contribution in [0.25, 0.3) is 93.6 Å². The van der Waals surface area contributed by atoms with Crippen LogP contribution in [0.2, 0.25) is 0 Å². The maximum absolute atomic E-state index is 6.53. The van der Waals surface area contributed by atoms with Crippen molar-refractivity contribution in [3.8, 4) is 39.1 Å². The fourth-order valence-corrected chi connectivity index (χ4v) is 9.31. The Labute approximate surface area is 353 Å². The third-order valence-corrected chi connectivity index (χ3v) is 12.2. The predicted molar refractivity (Wildman–Crippen MR) is 257 cm³/mol. The minimum absolute atomic E-state index is 0.896. The van der Waals surface area contributed by atoms with Gasteiger partial charge < -0.3 is 13.9 Å². The predicted octanol–water partition coefficient (Wildman–Crippen LogP) is 16.3. The van der Waals surface area contributed by atoms with Gasteiger partial charge in [-0.05, 0) is 99.8 Å². The van der Waals surface area contributed by atoms with Crippen LogP contribution >= 0.6 is 0 Å². The molecule has 286 valence electrons. The maximum atomic E-state index is 6.53. The standard InChI is InChI=1S/C58H38N2O/c1-2-15-41-36-43(31-30-39(41)14-1)42-16-11-18-46(37-42)59(47-19-12-17-44(38-47)49-24-13-25-53-52-23-6-10-29-57(52)61-58(49)53)45-34-32-40(33-35-45)48-20-3-7-26-54(48)60-55-27-8-4-21-50(55)51-22-5-9-28-56(51)60/h1-38H. The Morgan fingerprint density at radius 3 is 1.67 bits per heavy atom. The van der Waals surface area contributed by atoms with Gasteiger partial charge in [0.25, 0.3) is 0 Å². The van der Waals surface area contributed by atoms with Crippen LogP contribution in [0.3, 0.4) is 0 Å². The number of nitrogens with zero attached hydrogens (tertiary/aromatic N) is 2. The van der Waals surface area contributed by atoms with Gasteiger partial charge in [0.2, 0.25) is 0 Å². The van der Waals surface area contributed by atoms with E-state index in [4.69, 9.17) is 4.42 Å². The van der Waals surface area contributed by atoms with E-state index in [1.54, 1.807) is 0 Å². The molecule has 12 rings (SSSR count). The van der Waals surface area contributed by atoms with Crippen LogP contribution in [0.1, 0.15) is 0 Å². The lowest BCUT2D eigenvalue weighted by molar-refractivity contribution is 0.670. The molecule has 0 aliphatic rings. The topological polar surface area (TPSA) is 21.3 Å². The molecule has 0 fully saturated rings. The van der Waals surface area contributed by atoms with Gasteiger partial charge in [-0.25, -0.2) is 0 Å². The number of benzene rings is 10. The number of hydrogen-bond acceptors (Lipinski definition) is 2. The third kappa shape index (κ3) is 5.90. The van der Waals surface area contributed by atoms with Crippen molar-refractivity contribution in [1.29, 1.82) is 0 Å². The molecule has 12 aromatic rings. The van der Waals surface area contributed by atoms with Crippen molar-refractivity contribution in [1.82, 2.24) is 4.57 Å². The molecule has 0 amide bonds. The van der Waals surface area contributed by atoms with Crippen molar-refractivity contribution in [3.63, 3.8) is 0 Å². The van der Waals surface area contributed by atoms with Crippen molar-refractivity contribution in [3.05, 3.63) is 231 Å². The molecule has 0 unspecified atom stereocenters. The average molecular weight is 779 g/mol. The van der Waals surface area contributed by atoms with E-state index in [0.29, 0.717) is 0 Å². The highest BCUT2D eigenvalue weighted by Gasteiger charge is 2.19. The fraction of sp³-hybridized carbons (Fsp3) is 0. The monoisotopic (exact) mass is 778 g/mol. The van der Waals surface area contributed by atoms with E-state index in [-0.39, 0.29) is 0 Å². The average Bonchev–Trinajstić information content (AvgIpc) is 3.88. The molecule has 2 heterocycles. The second-order valence-corrected chi connectivity index (χ2v) is 15.7. The van der Waals surface area contributed by atoms with Gasteiger partial charge in [0.05, 0.1) is 16.7 Å². The quantitative estimate of drug-likeness (QED) is 0.161. The molecule has 0 saturated heterocycles. The molecule has 61 heavy (non-hydrogen) atoms. The van der Waals surface area contributed by atoms with E-state index >= 15 is 0 Å². The second-order valence-electron chi connectivity index (χ2n) is 15.7. The van der Waals surface area contributed by atoms with Crippen LogP contribution in [0.15, 0.2) is 235 Å². The molecule has 0 aliphatic heterocycles. The molecule has 2 aromatic heterocycles. The largest absolute Gasteiger partial charge is 0.455 e. The smallest absolute Gasteiger partial charge is 0.143 e. The first-order valence-electron chi connectivity index (χ1n) is 20.8. The van der Waals surface area contributed by atoms with E-state index in [0.717, 1.165) is 66.9 Å². The van der Waals surface area contributed by atoms with Crippen molar-refractivity contribution in [2.24, 2.45) is 0 Å². The summed E-state index contributed by atoms with van der Waals surface area (Å²) >= 11 is 0. The summed E-state index contributed by atoms with van der Waals surface area (Å²) < 4.78 is 8.94. The molecule has 0 radical (unpaired) electrons. The summed E-state index contributed by atoms with van der Waals surface area (Å²) in [5.41, 5.74) is 15.4. The molecule has 0 aliphatic carbocycles. The van der Waals surface area contributed by atoms with Crippen molar-refractivity contribution >= 4 is 71.6 Å². The molecule has 0 atom stereocenters. The Balaban J connectivity index is 1.00. The SMILES string of the molecule is c1cc(-c2ccc3ccccc3c2)cc(N(c2ccc(-c3ccccc3-n3c4ccccc4c4ccccc43)cc2)c2cccc(-c3cccc4c3oc3ccccc34)c2)c1. The van der Waals surface area contributed by atoms with E-state index < -0.39 is 0 Å². The van der Waals surface area contributed by atoms with Crippen LogP contribution in [0.5, 0.6) is 0 Å². The van der Waals surface area contributed by atoms with Gasteiger partial charge in [0.15, 0.2) is 0 Å². The van der Waals surface area contributed by atoms with Gasteiger partial charge in [-0.15, -0.1) is 0 Å². The lowest BCUT2D eigenvalue weighted by Crippen LogP contribution is -2.10. The van der Waals surface area contributed by atoms with Crippen molar-refractivity contribution in [2.75, 3.05) is 4.90 Å². The molecule has 3 nitrogen and oxygen atoms in total. The minimum atomic E-state index is 0.896. The summed E-state index contributed by atoms with van der Waals surface area (Å²) in [5, 5.41) is 7.22. The number of furan rings is 1. The maximum Gasteiger partial charge on any atom is 0.143 e. The summed E-state index contributed by atoms with van der Waals surface area (Å²) in [6.07, 6.45) is 0. The summed E-state index contributed by atoms with van der Waals surface area (Å²) in [4.78, 5) is 2.37. The van der Waals surface area contributed by atoms with Gasteiger partial charge >= 0.3 is 0 Å². The molecule has 0 spiro atoms. The summed E-state index contributed by atoms with van der Waals surface area (Å²) in [6, 6.07) is 82.9. The number of anilines is 3. The molecule has 0 bridgehead atoms. The van der Waals surface area contributed by atoms with Gasteiger partial charge in [-0.3, -0.25) is 0 Å². The van der Waals surface area contributed by atoms with Gasteiger partial charge in [0.1, 0.15) is 11.2 Å². The van der Waals surface area contributed by atoms with Crippen LogP contribution in [-0.2, 0) is 0 Å². The van der Waals surface area contributed by atoms with Crippen LogP contribution in [-0.4, -0.2) is 4.57 Å². The highest BCUT2D eigenvalue weighted by atomic mass is 16.3. The normalized spacial score (nSPS) is 11.6. The van der Waals surface area contributed by atoms with Crippen molar-refractivity contribution < 1.29 is 4.42 Å². The fourth-order valence-electron chi connectivity index (χ4n) is 9.31. The van der Waals surface area contributed by atoms with Gasteiger partial charge in [-0.1, -0.05) is 164 Å². The number of aromatic nitrogens is 1. The Bertz CT molecular complexity index is 3560. The molecule has 0 N–H and O–H groups in total. The second kappa shape index (κ2) is 14.3. The molecular weight excluding hydrogens is 741 g/mol. The van der Waals surface area contributed by atoms with Crippen molar-refractivity contribution in [2.45, 2.75) is 0 Å². The zero-order valence-electron chi connectivity index (χ0n) is 33.2. The van der Waals surface area contributed by atoms with Crippen LogP contribution in [0.4, 0.5) is 17.1 Å². The number of fused-ring (bicyclic) bond motifs is 7. The lowest BCUT2D eigenvalue weighted by Gasteiger charge is -2.27. The first kappa shape index (κ1) is 34.9. The molecule has 3 heteroatoms. The van der Waals surface area contributed by atoms with E-state index in [1.807, 2.05) is 12.1 Å². The highest BCUT2D eigenvalue weighted by molar-refractivity contribution is 6.11. The highest BCUT2D eigenvalue weighted by Crippen LogP contribution is 2.42. The van der Waals surface area contributed by atoms with Crippen LogP contribution in [0, 0.1) is 0 Å². The Morgan fingerprint density at radius 2 is 0.885 bits per heavy atom. The van der Waals surface area contributed by atoms with E-state index in [9.17, 15) is 0 Å². The van der Waals surface area contributed by atoms with Gasteiger partial charge in [-0.2, -0.15) is 0 Å². The lowest BCUT2D eigenvalue weighted by atomic mass is 9.99. The zero-order valence-corrected chi connectivity index (χ0v) is 33.2. The number of hydrogen-bond donors (Lipinski definition) is 0. The number of para-hydroxylation sites is 5. The first-order chi connectivity index (χ1) is 30.2. The Morgan fingerprint density at radius 1 is 0.328 bits per heavy atom. The zero-order chi connectivity index (χ0) is 40.3. The summed E-state index contributed by atoms with van der Waals surface area (Å²) in [6.45, 7) is 0. The summed E-state index contributed by atoms with van der Waals surface area (Å²) in [7, 11) is 0. The van der Waals surface area contributed by atoms with E-state index in [1.165, 1.54) is 43.7 Å². The Kier molecular flexibility index (Phi) is 8.17. The molecular formula is C58H38N2O. The van der Waals surface area contributed by atoms with Crippen LogP contribution < -0.4 is 4.90 Å². The minimum Gasteiger partial charge on any atom is -0.455 e.